The van der Waals surface area contributed by atoms with E-state index in [-0.39, 0.29) is 0 Å². The molecule has 3 heteroatoms. The number of aryl methyl sites for hydroxylation is 1. The van der Waals surface area contributed by atoms with E-state index < -0.39 is 0 Å². The lowest BCUT2D eigenvalue weighted by atomic mass is 9.99. The Morgan fingerprint density at radius 2 is 2.00 bits per heavy atom. The minimum absolute atomic E-state index is 0.684. The summed E-state index contributed by atoms with van der Waals surface area (Å²) in [4.78, 5) is 2.56. The van der Waals surface area contributed by atoms with Crippen molar-refractivity contribution in [1.82, 2.24) is 5.32 Å². The van der Waals surface area contributed by atoms with Gasteiger partial charge in [-0.3, -0.25) is 0 Å². The molecule has 3 rings (SSSR count). The van der Waals surface area contributed by atoms with Crippen molar-refractivity contribution in [3.63, 3.8) is 0 Å². The lowest BCUT2D eigenvalue weighted by Gasteiger charge is -2.36. The first-order chi connectivity index (χ1) is 10.7. The Morgan fingerprint density at radius 1 is 1.18 bits per heavy atom. The molecule has 1 aromatic carbocycles. The third-order valence-corrected chi connectivity index (χ3v) is 5.36. The van der Waals surface area contributed by atoms with Gasteiger partial charge < -0.3 is 15.0 Å². The number of anilines is 1. The minimum Gasteiger partial charge on any atom is -0.381 e. The van der Waals surface area contributed by atoms with Gasteiger partial charge in [-0.1, -0.05) is 12.1 Å². The van der Waals surface area contributed by atoms with E-state index in [0.717, 1.165) is 25.7 Å². The lowest BCUT2D eigenvalue weighted by molar-refractivity contribution is 0.0535. The molecule has 2 aliphatic heterocycles. The van der Waals surface area contributed by atoms with Crippen LogP contribution in [0.2, 0.25) is 0 Å². The molecular weight excluding hydrogens is 272 g/mol. The van der Waals surface area contributed by atoms with Crippen LogP contribution >= 0.6 is 0 Å². The highest BCUT2D eigenvalue weighted by Gasteiger charge is 2.22. The number of piperidine rings is 1. The number of hydrogen-bond acceptors (Lipinski definition) is 3. The molecule has 0 bridgehead atoms. The first-order valence-corrected chi connectivity index (χ1v) is 8.86. The Balaban J connectivity index is 1.47. The third-order valence-electron chi connectivity index (χ3n) is 5.36. The molecule has 0 radical (unpaired) electrons. The average molecular weight is 302 g/mol. The van der Waals surface area contributed by atoms with Crippen LogP contribution in [0.4, 0.5) is 5.69 Å². The van der Waals surface area contributed by atoms with Gasteiger partial charge in [-0.15, -0.1) is 0 Å². The van der Waals surface area contributed by atoms with Gasteiger partial charge in [-0.2, -0.15) is 0 Å². The summed E-state index contributed by atoms with van der Waals surface area (Å²) in [5, 5.41) is 3.78. The lowest BCUT2D eigenvalue weighted by Crippen LogP contribution is -2.44. The van der Waals surface area contributed by atoms with E-state index in [0.29, 0.717) is 6.04 Å². The first kappa shape index (κ1) is 15.8. The zero-order valence-electron chi connectivity index (χ0n) is 14.1. The van der Waals surface area contributed by atoms with E-state index in [1.165, 1.54) is 55.6 Å². The molecule has 0 aromatic heterocycles. The molecule has 2 saturated heterocycles. The van der Waals surface area contributed by atoms with Gasteiger partial charge in [-0.25, -0.2) is 0 Å². The number of ether oxygens (including phenoxy) is 1. The zero-order valence-corrected chi connectivity index (χ0v) is 14.1. The van der Waals surface area contributed by atoms with Gasteiger partial charge in [0.2, 0.25) is 0 Å². The van der Waals surface area contributed by atoms with Crippen molar-refractivity contribution in [2.24, 2.45) is 5.92 Å². The van der Waals surface area contributed by atoms with Crippen LogP contribution in [-0.4, -0.2) is 38.9 Å². The van der Waals surface area contributed by atoms with Crippen LogP contribution in [0.1, 0.15) is 36.8 Å². The van der Waals surface area contributed by atoms with E-state index in [2.05, 4.69) is 42.3 Å². The van der Waals surface area contributed by atoms with Crippen LogP contribution in [0.3, 0.4) is 0 Å². The maximum absolute atomic E-state index is 5.57. The van der Waals surface area contributed by atoms with Gasteiger partial charge >= 0.3 is 0 Å². The number of benzene rings is 1. The molecule has 1 atom stereocenters. The molecule has 1 aromatic rings. The summed E-state index contributed by atoms with van der Waals surface area (Å²) in [6.45, 7) is 9.84. The van der Waals surface area contributed by atoms with Crippen molar-refractivity contribution in [1.29, 1.82) is 0 Å². The summed E-state index contributed by atoms with van der Waals surface area (Å²) in [6, 6.07) is 7.35. The molecule has 0 saturated carbocycles. The van der Waals surface area contributed by atoms with Crippen molar-refractivity contribution in [2.75, 3.05) is 37.7 Å². The molecule has 1 unspecified atom stereocenters. The average Bonchev–Trinajstić information content (AvgIpc) is 2.57. The second kappa shape index (κ2) is 7.47. The van der Waals surface area contributed by atoms with Gasteiger partial charge in [0.05, 0.1) is 6.61 Å². The van der Waals surface area contributed by atoms with Crippen LogP contribution in [0.15, 0.2) is 18.2 Å². The maximum atomic E-state index is 5.57. The zero-order chi connectivity index (χ0) is 15.4. The van der Waals surface area contributed by atoms with Crippen LogP contribution in [0, 0.1) is 19.8 Å². The van der Waals surface area contributed by atoms with Crippen LogP contribution in [0.5, 0.6) is 0 Å². The smallest absolute Gasteiger partial charge is 0.0506 e. The summed E-state index contributed by atoms with van der Waals surface area (Å²) in [5.41, 5.74) is 4.27. The van der Waals surface area contributed by atoms with Crippen LogP contribution < -0.4 is 10.2 Å². The number of nitrogens with one attached hydrogen (secondary N) is 1. The Morgan fingerprint density at radius 3 is 2.73 bits per heavy atom. The number of hydrogen-bond donors (Lipinski definition) is 1. The highest BCUT2D eigenvalue weighted by atomic mass is 16.5. The molecule has 3 nitrogen and oxygen atoms in total. The van der Waals surface area contributed by atoms with Crippen LogP contribution in [-0.2, 0) is 4.74 Å². The molecule has 0 amide bonds. The third kappa shape index (κ3) is 3.82. The predicted molar refractivity (Wildman–Crippen MR) is 92.7 cm³/mol. The summed E-state index contributed by atoms with van der Waals surface area (Å²) in [6.07, 6.45) is 5.06. The molecule has 0 aliphatic carbocycles. The quantitative estimate of drug-likeness (QED) is 0.923. The molecule has 22 heavy (non-hydrogen) atoms. The first-order valence-electron chi connectivity index (χ1n) is 8.86. The number of nitrogens with zero attached hydrogens (tertiary/aromatic N) is 1. The second-order valence-corrected chi connectivity index (χ2v) is 6.97. The van der Waals surface area contributed by atoms with E-state index in [1.807, 2.05) is 0 Å². The molecule has 1 N–H and O–H groups in total. The van der Waals surface area contributed by atoms with Crippen molar-refractivity contribution in [3.05, 3.63) is 29.3 Å². The van der Waals surface area contributed by atoms with Crippen molar-refractivity contribution in [3.8, 4) is 0 Å². The van der Waals surface area contributed by atoms with Crippen LogP contribution in [0.25, 0.3) is 0 Å². The summed E-state index contributed by atoms with van der Waals surface area (Å²) in [5.74, 6) is 0.728. The Bertz CT molecular complexity index is 474. The van der Waals surface area contributed by atoms with E-state index in [1.54, 1.807) is 0 Å². The summed E-state index contributed by atoms with van der Waals surface area (Å²) >= 11 is 0. The Hall–Kier alpha value is -1.06. The van der Waals surface area contributed by atoms with E-state index in [4.69, 9.17) is 4.74 Å². The largest absolute Gasteiger partial charge is 0.381 e. The normalized spacial score (nSPS) is 23.7. The topological polar surface area (TPSA) is 24.5 Å². The van der Waals surface area contributed by atoms with Crippen molar-refractivity contribution >= 4 is 5.69 Å². The fourth-order valence-electron chi connectivity index (χ4n) is 3.70. The van der Waals surface area contributed by atoms with Gasteiger partial charge in [-0.05, 0) is 62.6 Å². The summed E-state index contributed by atoms with van der Waals surface area (Å²) < 4.78 is 5.57. The molecule has 0 spiro atoms. The molecule has 2 fully saturated rings. The maximum Gasteiger partial charge on any atom is 0.0506 e. The second-order valence-electron chi connectivity index (χ2n) is 6.97. The fraction of sp³-hybridized carbons (Fsp3) is 0.684. The minimum atomic E-state index is 0.684. The fourth-order valence-corrected chi connectivity index (χ4v) is 3.70. The Kier molecular flexibility index (Phi) is 5.37. The predicted octanol–water partition coefficient (Wildman–Crippen LogP) is 3.29. The molecule has 2 heterocycles. The van der Waals surface area contributed by atoms with Gasteiger partial charge in [0.25, 0.3) is 0 Å². The molecule has 122 valence electrons. The Labute approximate surface area is 135 Å². The molecular formula is C19H30N2O. The summed E-state index contributed by atoms with van der Waals surface area (Å²) in [7, 11) is 0. The highest BCUT2D eigenvalue weighted by molar-refractivity contribution is 5.56. The standard InChI is InChI=1S/C19H30N2O/c1-15-5-3-7-19(16(15)2)21-10-8-18(9-11-21)20-13-17-6-4-12-22-14-17/h3,5,7,17-18,20H,4,6,8-14H2,1-2H3. The van der Waals surface area contributed by atoms with E-state index in [9.17, 15) is 0 Å². The van der Waals surface area contributed by atoms with Crippen molar-refractivity contribution in [2.45, 2.75) is 45.6 Å². The van der Waals surface area contributed by atoms with E-state index >= 15 is 0 Å². The SMILES string of the molecule is Cc1cccc(N2CCC(NCC3CCCOC3)CC2)c1C. The van der Waals surface area contributed by atoms with Gasteiger partial charge in [0, 0.05) is 38.0 Å². The monoisotopic (exact) mass is 302 g/mol. The number of rotatable bonds is 4. The van der Waals surface area contributed by atoms with Gasteiger partial charge in [0.1, 0.15) is 0 Å². The van der Waals surface area contributed by atoms with Gasteiger partial charge in [0.15, 0.2) is 0 Å². The molecule has 2 aliphatic rings. The highest BCUT2D eigenvalue weighted by Crippen LogP contribution is 2.26. The van der Waals surface area contributed by atoms with Crippen molar-refractivity contribution < 1.29 is 4.74 Å².